The molecule has 2 aliphatic rings. The number of nitrogens with zero attached hydrogens (tertiary/aromatic N) is 1. The van der Waals surface area contributed by atoms with E-state index in [2.05, 4.69) is 0 Å². The van der Waals surface area contributed by atoms with Crippen LogP contribution in [0.4, 0.5) is 0 Å². The zero-order valence-corrected chi connectivity index (χ0v) is 18.8. The summed E-state index contributed by atoms with van der Waals surface area (Å²) >= 11 is 0. The minimum absolute atomic E-state index is 0.0709. The Morgan fingerprint density at radius 2 is 1.64 bits per heavy atom. The zero-order chi connectivity index (χ0) is 23.1. The van der Waals surface area contributed by atoms with Crippen molar-refractivity contribution in [2.24, 2.45) is 0 Å². The van der Waals surface area contributed by atoms with Crippen molar-refractivity contribution in [3.63, 3.8) is 0 Å². The predicted molar refractivity (Wildman–Crippen MR) is 122 cm³/mol. The summed E-state index contributed by atoms with van der Waals surface area (Å²) in [6, 6.07) is 16.5. The molecule has 7 heteroatoms. The lowest BCUT2D eigenvalue weighted by Gasteiger charge is -2.39. The molecule has 0 unspecified atom stereocenters. The van der Waals surface area contributed by atoms with Gasteiger partial charge in [0.1, 0.15) is 5.75 Å². The van der Waals surface area contributed by atoms with E-state index in [4.69, 9.17) is 14.2 Å². The number of piperidine rings is 1. The Labute approximate surface area is 194 Å². The second kappa shape index (κ2) is 10.8. The highest BCUT2D eigenvalue weighted by Gasteiger charge is 2.43. The van der Waals surface area contributed by atoms with Crippen LogP contribution < -0.4 is 4.74 Å². The molecular formula is C26H31NO6. The van der Waals surface area contributed by atoms with Gasteiger partial charge in [-0.25, -0.2) is 0 Å². The molecule has 0 spiro atoms. The minimum Gasteiger partial charge on any atom is -0.494 e. The Hall–Kier alpha value is -2.90. The van der Waals surface area contributed by atoms with Crippen LogP contribution in [-0.2, 0) is 19.7 Å². The van der Waals surface area contributed by atoms with Crippen LogP contribution in [0.1, 0.15) is 48.0 Å². The average Bonchev–Trinajstić information content (AvgIpc) is 3.38. The monoisotopic (exact) mass is 453 g/mol. The molecule has 2 saturated heterocycles. The molecule has 0 radical (unpaired) electrons. The van der Waals surface area contributed by atoms with Gasteiger partial charge in [0.05, 0.1) is 25.2 Å². The second-order valence-corrected chi connectivity index (χ2v) is 8.59. The van der Waals surface area contributed by atoms with Crippen molar-refractivity contribution in [2.75, 3.05) is 32.9 Å². The first kappa shape index (κ1) is 23.3. The number of ether oxygens (including phenoxy) is 3. The Balaban J connectivity index is 1.26. The zero-order valence-electron chi connectivity index (χ0n) is 18.8. The SMILES string of the molecule is O=C(c1ccc(OCCCCC2OCCO2)cc1)N1CCC(C(=O)O)(c2ccccc2)CC1. The maximum Gasteiger partial charge on any atom is 0.314 e. The standard InChI is InChI=1S/C26H31NO6/c28-24(27-15-13-26(14-16-27,25(29)30)21-6-2-1-3-7-21)20-9-11-22(12-10-20)31-17-5-4-8-23-32-18-19-33-23/h1-3,6-7,9-12,23H,4-5,8,13-19H2,(H,29,30). The molecule has 4 rings (SSSR count). The fraction of sp³-hybridized carbons (Fsp3) is 0.462. The summed E-state index contributed by atoms with van der Waals surface area (Å²) in [5.41, 5.74) is 0.445. The van der Waals surface area contributed by atoms with Crippen LogP contribution in [0.3, 0.4) is 0 Å². The van der Waals surface area contributed by atoms with E-state index in [1.807, 2.05) is 42.5 Å². The summed E-state index contributed by atoms with van der Waals surface area (Å²) in [5.74, 6) is -0.178. The van der Waals surface area contributed by atoms with Gasteiger partial charge < -0.3 is 24.2 Å². The van der Waals surface area contributed by atoms with E-state index in [0.717, 1.165) is 30.6 Å². The third-order valence-corrected chi connectivity index (χ3v) is 6.53. The molecule has 2 fully saturated rings. The summed E-state index contributed by atoms with van der Waals surface area (Å²) in [7, 11) is 0. The number of carbonyl (C=O) groups excluding carboxylic acids is 1. The maximum absolute atomic E-state index is 13.0. The number of amides is 1. The van der Waals surface area contributed by atoms with Gasteiger partial charge in [-0.3, -0.25) is 9.59 Å². The van der Waals surface area contributed by atoms with Gasteiger partial charge in [0.2, 0.25) is 0 Å². The fourth-order valence-corrected chi connectivity index (χ4v) is 4.53. The van der Waals surface area contributed by atoms with E-state index in [1.165, 1.54) is 0 Å². The van der Waals surface area contributed by atoms with Gasteiger partial charge in [0.25, 0.3) is 5.91 Å². The smallest absolute Gasteiger partial charge is 0.314 e. The van der Waals surface area contributed by atoms with Crippen LogP contribution in [0.5, 0.6) is 5.75 Å². The summed E-state index contributed by atoms with van der Waals surface area (Å²) in [5, 5.41) is 9.94. The molecule has 0 bridgehead atoms. The Morgan fingerprint density at radius 1 is 0.970 bits per heavy atom. The lowest BCUT2D eigenvalue weighted by Crippen LogP contribution is -2.49. The van der Waals surface area contributed by atoms with Crippen molar-refractivity contribution in [3.8, 4) is 5.75 Å². The lowest BCUT2D eigenvalue weighted by molar-refractivity contribution is -0.145. The van der Waals surface area contributed by atoms with Crippen molar-refractivity contribution < 1.29 is 28.9 Å². The van der Waals surface area contributed by atoms with Crippen LogP contribution in [0, 0.1) is 0 Å². The van der Waals surface area contributed by atoms with Gasteiger partial charge in [-0.15, -0.1) is 0 Å². The number of aliphatic carboxylic acids is 1. The molecule has 0 aliphatic carbocycles. The van der Waals surface area contributed by atoms with Crippen LogP contribution in [0.25, 0.3) is 0 Å². The van der Waals surface area contributed by atoms with Crippen molar-refractivity contribution in [1.82, 2.24) is 4.90 Å². The first-order valence-electron chi connectivity index (χ1n) is 11.6. The first-order valence-corrected chi connectivity index (χ1v) is 11.6. The molecule has 0 aromatic heterocycles. The van der Waals surface area contributed by atoms with Gasteiger partial charge in [0, 0.05) is 18.7 Å². The highest BCUT2D eigenvalue weighted by atomic mass is 16.7. The highest BCUT2D eigenvalue weighted by Crippen LogP contribution is 2.36. The number of carboxylic acids is 1. The maximum atomic E-state index is 13.0. The first-order chi connectivity index (χ1) is 16.1. The van der Waals surface area contributed by atoms with E-state index < -0.39 is 11.4 Å². The number of likely N-dealkylation sites (tertiary alicyclic amines) is 1. The average molecular weight is 454 g/mol. The third kappa shape index (κ3) is 5.54. The predicted octanol–water partition coefficient (Wildman–Crippen LogP) is 3.87. The Kier molecular flexibility index (Phi) is 7.62. The van der Waals surface area contributed by atoms with E-state index in [0.29, 0.717) is 51.3 Å². The Morgan fingerprint density at radius 3 is 2.27 bits per heavy atom. The molecule has 0 atom stereocenters. The van der Waals surface area contributed by atoms with Crippen LogP contribution in [0.2, 0.25) is 0 Å². The van der Waals surface area contributed by atoms with Crippen molar-refractivity contribution in [1.29, 1.82) is 0 Å². The number of hydrogen-bond donors (Lipinski definition) is 1. The fourth-order valence-electron chi connectivity index (χ4n) is 4.53. The molecule has 7 nitrogen and oxygen atoms in total. The van der Waals surface area contributed by atoms with E-state index in [9.17, 15) is 14.7 Å². The van der Waals surface area contributed by atoms with Gasteiger partial charge in [0.15, 0.2) is 6.29 Å². The number of rotatable bonds is 9. The number of unbranched alkanes of at least 4 members (excludes halogenated alkanes) is 1. The van der Waals surface area contributed by atoms with Gasteiger partial charge >= 0.3 is 5.97 Å². The lowest BCUT2D eigenvalue weighted by atomic mass is 9.73. The number of carboxylic acid groups (broad SMARTS) is 1. The van der Waals surface area contributed by atoms with Crippen molar-refractivity contribution >= 4 is 11.9 Å². The molecule has 1 amide bonds. The molecule has 2 aromatic carbocycles. The third-order valence-electron chi connectivity index (χ3n) is 6.53. The van der Waals surface area contributed by atoms with E-state index in [-0.39, 0.29) is 12.2 Å². The number of benzene rings is 2. The molecule has 33 heavy (non-hydrogen) atoms. The molecule has 0 saturated carbocycles. The van der Waals surface area contributed by atoms with Crippen LogP contribution in [0.15, 0.2) is 54.6 Å². The topological polar surface area (TPSA) is 85.3 Å². The van der Waals surface area contributed by atoms with Gasteiger partial charge in [-0.1, -0.05) is 30.3 Å². The van der Waals surface area contributed by atoms with Gasteiger partial charge in [-0.2, -0.15) is 0 Å². The minimum atomic E-state index is -0.939. The quantitative estimate of drug-likeness (QED) is 0.580. The van der Waals surface area contributed by atoms with Crippen LogP contribution in [-0.4, -0.2) is 61.1 Å². The highest BCUT2D eigenvalue weighted by molar-refractivity contribution is 5.94. The van der Waals surface area contributed by atoms with Crippen LogP contribution >= 0.6 is 0 Å². The molecule has 2 aliphatic heterocycles. The summed E-state index contributed by atoms with van der Waals surface area (Å²) in [4.78, 5) is 26.8. The molecule has 1 N–H and O–H groups in total. The summed E-state index contributed by atoms with van der Waals surface area (Å²) in [6.45, 7) is 2.77. The van der Waals surface area contributed by atoms with E-state index >= 15 is 0 Å². The summed E-state index contributed by atoms with van der Waals surface area (Å²) in [6.07, 6.45) is 3.48. The number of carbonyl (C=O) groups is 2. The second-order valence-electron chi connectivity index (χ2n) is 8.59. The number of hydrogen-bond acceptors (Lipinski definition) is 5. The molecule has 2 aromatic rings. The van der Waals surface area contributed by atoms with Crippen molar-refractivity contribution in [3.05, 3.63) is 65.7 Å². The van der Waals surface area contributed by atoms with Gasteiger partial charge in [-0.05, 0) is 61.9 Å². The summed E-state index contributed by atoms with van der Waals surface area (Å²) < 4.78 is 16.6. The molecule has 2 heterocycles. The van der Waals surface area contributed by atoms with E-state index in [1.54, 1.807) is 17.0 Å². The molecule has 176 valence electrons. The van der Waals surface area contributed by atoms with Crippen molar-refractivity contribution in [2.45, 2.75) is 43.8 Å². The normalized spacial score (nSPS) is 18.2. The Bertz CT molecular complexity index is 916. The largest absolute Gasteiger partial charge is 0.494 e. The molecular weight excluding hydrogens is 422 g/mol.